The van der Waals surface area contributed by atoms with E-state index in [1.807, 2.05) is 6.07 Å². The Morgan fingerprint density at radius 3 is 2.60 bits per heavy atom. The molecule has 2 aromatic heterocycles. The lowest BCUT2D eigenvalue weighted by molar-refractivity contribution is -0.140. The van der Waals surface area contributed by atoms with Gasteiger partial charge in [-0.25, -0.2) is 4.79 Å². The second-order valence-corrected chi connectivity index (χ2v) is 11.7. The SMILES string of the molecule is CC(C)(C#N)c1ccc(NC(=O)NCC#Cc2cc3c(NC4CCS(=O)CC4)cccc3n2CC(F)(F)F)cn1. The number of rotatable bonds is 6. The van der Waals surface area contributed by atoms with Crippen LogP contribution in [0.15, 0.2) is 42.6 Å². The lowest BCUT2D eigenvalue weighted by Gasteiger charge is -2.24. The quantitative estimate of drug-likeness (QED) is 0.365. The van der Waals surface area contributed by atoms with Gasteiger partial charge in [-0.05, 0) is 62.9 Å². The van der Waals surface area contributed by atoms with Gasteiger partial charge < -0.3 is 20.5 Å². The van der Waals surface area contributed by atoms with Crippen LogP contribution >= 0.6 is 0 Å². The standard InChI is InChI=1S/C28H29F3N6O2S/c1-27(2,17-32)25-9-8-20(16-34-25)36-26(38)33-12-4-5-21-15-22-23(35-19-10-13-40(39)14-11-19)6-3-7-24(22)37(21)18-28(29,30)31/h3,6-9,15-16,19,35H,10-14,18H2,1-2H3,(H2,33,36,38). The van der Waals surface area contributed by atoms with Crippen molar-refractivity contribution < 1.29 is 22.2 Å². The molecule has 0 spiro atoms. The maximum absolute atomic E-state index is 13.4. The molecule has 3 aromatic rings. The highest BCUT2D eigenvalue weighted by atomic mass is 32.2. The Bertz CT molecular complexity index is 1500. The van der Waals surface area contributed by atoms with Crippen LogP contribution in [0.1, 0.15) is 38.1 Å². The van der Waals surface area contributed by atoms with Crippen LogP contribution in [0.3, 0.4) is 0 Å². The highest BCUT2D eigenvalue weighted by molar-refractivity contribution is 7.85. The summed E-state index contributed by atoms with van der Waals surface area (Å²) in [5.41, 5.74) is 1.49. The van der Waals surface area contributed by atoms with Crippen LogP contribution < -0.4 is 16.0 Å². The number of nitriles is 1. The number of nitrogens with zero attached hydrogens (tertiary/aromatic N) is 3. The number of aromatic nitrogens is 2. The number of alkyl halides is 3. The second-order valence-electron chi connectivity index (χ2n) is 10.0. The summed E-state index contributed by atoms with van der Waals surface area (Å²) in [6, 6.07) is 11.7. The van der Waals surface area contributed by atoms with E-state index >= 15 is 0 Å². The van der Waals surface area contributed by atoms with E-state index in [9.17, 15) is 27.4 Å². The number of halogens is 3. The first-order chi connectivity index (χ1) is 18.9. The van der Waals surface area contributed by atoms with Crippen LogP contribution in [0.4, 0.5) is 29.3 Å². The minimum atomic E-state index is -4.45. The molecule has 0 aliphatic carbocycles. The van der Waals surface area contributed by atoms with Crippen molar-refractivity contribution in [1.82, 2.24) is 14.9 Å². The average Bonchev–Trinajstić information content (AvgIpc) is 3.25. The fourth-order valence-electron chi connectivity index (χ4n) is 4.35. The number of carbonyl (C=O) groups is 1. The number of nitrogens with one attached hydrogen (secondary N) is 3. The maximum atomic E-state index is 13.4. The van der Waals surface area contributed by atoms with Crippen molar-refractivity contribution in [2.45, 2.75) is 50.9 Å². The number of anilines is 2. The molecule has 4 rings (SSSR count). The third kappa shape index (κ3) is 7.33. The summed E-state index contributed by atoms with van der Waals surface area (Å²) in [4.78, 5) is 16.5. The van der Waals surface area contributed by atoms with Crippen molar-refractivity contribution in [3.05, 3.63) is 54.0 Å². The van der Waals surface area contributed by atoms with E-state index in [0.29, 0.717) is 39.5 Å². The Morgan fingerprint density at radius 1 is 1.20 bits per heavy atom. The van der Waals surface area contributed by atoms with Gasteiger partial charge in [0.15, 0.2) is 0 Å². The van der Waals surface area contributed by atoms with Crippen LogP contribution in [-0.2, 0) is 22.8 Å². The summed E-state index contributed by atoms with van der Waals surface area (Å²) in [5, 5.41) is 18.4. The Labute approximate surface area is 232 Å². The Morgan fingerprint density at radius 2 is 1.95 bits per heavy atom. The van der Waals surface area contributed by atoms with Crippen molar-refractivity contribution in [3.8, 4) is 17.9 Å². The summed E-state index contributed by atoms with van der Waals surface area (Å²) in [5.74, 6) is 6.70. The monoisotopic (exact) mass is 570 g/mol. The summed E-state index contributed by atoms with van der Waals surface area (Å²) in [6.07, 6.45) is -1.56. The minimum absolute atomic E-state index is 0.0933. The molecular formula is C28H29F3N6O2S. The zero-order valence-corrected chi connectivity index (χ0v) is 22.9. The van der Waals surface area contributed by atoms with Gasteiger partial charge in [-0.3, -0.25) is 9.19 Å². The number of fused-ring (bicyclic) bond motifs is 1. The molecule has 0 atom stereocenters. The molecule has 1 fully saturated rings. The third-order valence-corrected chi connectivity index (χ3v) is 7.91. The van der Waals surface area contributed by atoms with Gasteiger partial charge in [-0.15, -0.1) is 0 Å². The van der Waals surface area contributed by atoms with Crippen molar-refractivity contribution >= 4 is 39.1 Å². The van der Waals surface area contributed by atoms with Crippen molar-refractivity contribution in [3.63, 3.8) is 0 Å². The number of hydrogen-bond donors (Lipinski definition) is 3. The Kier molecular flexibility index (Phi) is 8.70. The number of amides is 2. The predicted octanol–water partition coefficient (Wildman–Crippen LogP) is 4.90. The number of pyridine rings is 1. The van der Waals surface area contributed by atoms with Gasteiger partial charge in [-0.2, -0.15) is 18.4 Å². The molecule has 8 nitrogen and oxygen atoms in total. The molecule has 1 aliphatic heterocycles. The van der Waals surface area contributed by atoms with Crippen LogP contribution in [-0.4, -0.2) is 50.1 Å². The number of urea groups is 1. The van der Waals surface area contributed by atoms with Gasteiger partial charge in [0.05, 0.1) is 46.8 Å². The molecule has 1 aromatic carbocycles. The molecule has 0 saturated carbocycles. The van der Waals surface area contributed by atoms with Gasteiger partial charge in [-0.1, -0.05) is 12.0 Å². The molecule has 2 amide bonds. The maximum Gasteiger partial charge on any atom is 0.406 e. The third-order valence-electron chi connectivity index (χ3n) is 6.53. The first kappa shape index (κ1) is 29.0. The first-order valence-corrected chi connectivity index (χ1v) is 14.2. The van der Waals surface area contributed by atoms with E-state index < -0.39 is 35.0 Å². The highest BCUT2D eigenvalue weighted by Gasteiger charge is 2.30. The van der Waals surface area contributed by atoms with Gasteiger partial charge in [0, 0.05) is 39.4 Å². The predicted molar refractivity (Wildman–Crippen MR) is 149 cm³/mol. The highest BCUT2D eigenvalue weighted by Crippen LogP contribution is 2.31. The number of hydrogen-bond acceptors (Lipinski definition) is 5. The fraction of sp³-hybridized carbons (Fsp3) is 0.393. The molecule has 3 N–H and O–H groups in total. The molecule has 0 unspecified atom stereocenters. The van der Waals surface area contributed by atoms with Crippen molar-refractivity contribution in [1.29, 1.82) is 5.26 Å². The number of benzene rings is 1. The molecule has 1 saturated heterocycles. The summed E-state index contributed by atoms with van der Waals surface area (Å²) < 4.78 is 53.2. The molecule has 12 heteroatoms. The average molecular weight is 571 g/mol. The van der Waals surface area contributed by atoms with Crippen molar-refractivity contribution in [2.75, 3.05) is 28.7 Å². The molecule has 3 heterocycles. The normalized spacial score (nSPS) is 17.4. The summed E-state index contributed by atoms with van der Waals surface area (Å²) in [7, 11) is -0.817. The Hall–Kier alpha value is -4.03. The zero-order valence-electron chi connectivity index (χ0n) is 22.1. The van der Waals surface area contributed by atoms with E-state index in [1.54, 1.807) is 44.2 Å². The van der Waals surface area contributed by atoms with Gasteiger partial charge in [0.2, 0.25) is 0 Å². The Balaban J connectivity index is 1.47. The second kappa shape index (κ2) is 12.0. The van der Waals surface area contributed by atoms with Gasteiger partial charge in [0.1, 0.15) is 6.54 Å². The minimum Gasteiger partial charge on any atom is -0.382 e. The van der Waals surface area contributed by atoms with Gasteiger partial charge in [0.25, 0.3) is 0 Å². The van der Waals surface area contributed by atoms with E-state index in [2.05, 4.69) is 38.8 Å². The van der Waals surface area contributed by atoms with Crippen LogP contribution in [0.2, 0.25) is 0 Å². The van der Waals surface area contributed by atoms with E-state index in [4.69, 9.17) is 0 Å². The fourth-order valence-corrected chi connectivity index (χ4v) is 5.65. The molecule has 40 heavy (non-hydrogen) atoms. The van der Waals surface area contributed by atoms with Gasteiger partial charge >= 0.3 is 12.2 Å². The summed E-state index contributed by atoms with van der Waals surface area (Å²) >= 11 is 0. The summed E-state index contributed by atoms with van der Waals surface area (Å²) in [6.45, 7) is 2.17. The zero-order chi connectivity index (χ0) is 28.9. The van der Waals surface area contributed by atoms with E-state index in [0.717, 1.165) is 17.4 Å². The molecule has 210 valence electrons. The van der Waals surface area contributed by atoms with E-state index in [1.165, 1.54) is 6.20 Å². The first-order valence-electron chi connectivity index (χ1n) is 12.7. The van der Waals surface area contributed by atoms with Crippen molar-refractivity contribution in [2.24, 2.45) is 0 Å². The smallest absolute Gasteiger partial charge is 0.382 e. The van der Waals surface area contributed by atoms with Crippen LogP contribution in [0.5, 0.6) is 0 Å². The lowest BCUT2D eigenvalue weighted by atomic mass is 9.91. The van der Waals surface area contributed by atoms with Crippen LogP contribution in [0.25, 0.3) is 10.9 Å². The molecule has 0 radical (unpaired) electrons. The molecule has 1 aliphatic rings. The topological polar surface area (TPSA) is 112 Å². The molecular weight excluding hydrogens is 541 g/mol. The van der Waals surface area contributed by atoms with E-state index in [-0.39, 0.29) is 18.3 Å². The number of carbonyl (C=O) groups excluding carboxylic acids is 1. The lowest BCUT2D eigenvalue weighted by Crippen LogP contribution is -2.29. The van der Waals surface area contributed by atoms with Crippen LogP contribution in [0, 0.1) is 23.2 Å². The largest absolute Gasteiger partial charge is 0.406 e. The molecule has 0 bridgehead atoms.